The van der Waals surface area contributed by atoms with Gasteiger partial charge in [-0.1, -0.05) is 23.7 Å². The van der Waals surface area contributed by atoms with Gasteiger partial charge in [-0.2, -0.15) is 0 Å². The monoisotopic (exact) mass is 303 g/mol. The van der Waals surface area contributed by atoms with Crippen molar-refractivity contribution >= 4 is 34.9 Å². The van der Waals surface area contributed by atoms with Crippen LogP contribution >= 0.6 is 11.6 Å². The average molecular weight is 304 g/mol. The van der Waals surface area contributed by atoms with Crippen LogP contribution in [-0.4, -0.2) is 11.9 Å². The van der Waals surface area contributed by atoms with Crippen molar-refractivity contribution in [2.45, 2.75) is 6.92 Å². The molecular weight excluding hydrogens is 290 g/mol. The summed E-state index contributed by atoms with van der Waals surface area (Å²) in [6, 6.07) is 11.1. The Morgan fingerprint density at radius 1 is 1.10 bits per heavy atom. The van der Waals surface area contributed by atoms with E-state index in [-0.39, 0.29) is 5.91 Å². The summed E-state index contributed by atoms with van der Waals surface area (Å²) in [4.78, 5) is 23.0. The van der Waals surface area contributed by atoms with Gasteiger partial charge in [0.05, 0.1) is 0 Å². The Hall–Kier alpha value is -2.53. The number of anilines is 2. The minimum Gasteiger partial charge on any atom is -0.351 e. The fraction of sp³-hybridized carbons (Fsp3) is 0.0667. The van der Waals surface area contributed by atoms with E-state index in [1.807, 2.05) is 6.92 Å². The Labute approximate surface area is 127 Å². The molecule has 4 N–H and O–H groups in total. The quantitative estimate of drug-likeness (QED) is 0.812. The number of nitrogens with one attached hydrogen (secondary N) is 2. The van der Waals surface area contributed by atoms with Crippen molar-refractivity contribution in [2.24, 2.45) is 5.73 Å². The molecule has 108 valence electrons. The molecule has 0 fully saturated rings. The van der Waals surface area contributed by atoms with Crippen molar-refractivity contribution in [3.8, 4) is 0 Å². The zero-order valence-electron chi connectivity index (χ0n) is 11.3. The summed E-state index contributed by atoms with van der Waals surface area (Å²) in [7, 11) is 0. The molecule has 0 heterocycles. The van der Waals surface area contributed by atoms with Gasteiger partial charge in [0, 0.05) is 22.0 Å². The van der Waals surface area contributed by atoms with Crippen molar-refractivity contribution in [1.82, 2.24) is 0 Å². The maximum Gasteiger partial charge on any atom is 0.316 e. The molecule has 2 aromatic carbocycles. The zero-order chi connectivity index (χ0) is 15.4. The fourth-order valence-corrected chi connectivity index (χ4v) is 1.99. The van der Waals surface area contributed by atoms with Crippen LogP contribution in [0.2, 0.25) is 5.02 Å². The number of urea groups is 1. The van der Waals surface area contributed by atoms with E-state index in [0.29, 0.717) is 22.0 Å². The molecule has 0 aromatic heterocycles. The summed E-state index contributed by atoms with van der Waals surface area (Å²) in [6.07, 6.45) is 0. The van der Waals surface area contributed by atoms with Gasteiger partial charge in [0.15, 0.2) is 0 Å². The van der Waals surface area contributed by atoms with Gasteiger partial charge in [-0.3, -0.25) is 4.79 Å². The molecule has 0 aliphatic rings. The van der Waals surface area contributed by atoms with Crippen molar-refractivity contribution < 1.29 is 9.59 Å². The first kappa shape index (κ1) is 14.9. The molecule has 0 atom stereocenters. The molecule has 0 aliphatic carbocycles. The van der Waals surface area contributed by atoms with Crippen LogP contribution in [0.3, 0.4) is 0 Å². The average Bonchev–Trinajstić information content (AvgIpc) is 2.43. The van der Waals surface area contributed by atoms with Crippen LogP contribution in [0.5, 0.6) is 0 Å². The number of primary amides is 1. The lowest BCUT2D eigenvalue weighted by Crippen LogP contribution is -2.20. The molecule has 0 saturated heterocycles. The summed E-state index contributed by atoms with van der Waals surface area (Å²) in [5.41, 5.74) is 7.34. The number of hydrogen-bond donors (Lipinski definition) is 3. The van der Waals surface area contributed by atoms with Gasteiger partial charge in [0.25, 0.3) is 5.91 Å². The molecule has 0 aliphatic heterocycles. The first-order chi connectivity index (χ1) is 9.97. The Balaban J connectivity index is 2.20. The minimum atomic E-state index is -0.682. The highest BCUT2D eigenvalue weighted by Crippen LogP contribution is 2.23. The van der Waals surface area contributed by atoms with Crippen LogP contribution < -0.4 is 16.4 Å². The minimum absolute atomic E-state index is 0.298. The van der Waals surface area contributed by atoms with Gasteiger partial charge in [-0.15, -0.1) is 0 Å². The van der Waals surface area contributed by atoms with Gasteiger partial charge < -0.3 is 16.4 Å². The molecule has 6 heteroatoms. The normalized spacial score (nSPS) is 10.0. The molecule has 3 amide bonds. The lowest BCUT2D eigenvalue weighted by atomic mass is 10.1. The number of nitrogens with two attached hydrogens (primary N) is 1. The van der Waals surface area contributed by atoms with Crippen molar-refractivity contribution in [3.05, 3.63) is 58.6 Å². The molecule has 0 saturated carbocycles. The highest BCUT2D eigenvalue weighted by atomic mass is 35.5. The Bertz CT molecular complexity index is 701. The third-order valence-corrected chi connectivity index (χ3v) is 3.32. The predicted molar refractivity (Wildman–Crippen MR) is 83.8 cm³/mol. The molecule has 0 spiro atoms. The van der Waals surface area contributed by atoms with Gasteiger partial charge in [0.2, 0.25) is 0 Å². The van der Waals surface area contributed by atoms with E-state index in [0.717, 1.165) is 5.56 Å². The maximum atomic E-state index is 12.2. The summed E-state index contributed by atoms with van der Waals surface area (Å²) in [6.45, 7) is 1.82. The van der Waals surface area contributed by atoms with Gasteiger partial charge in [-0.05, 0) is 42.8 Å². The smallest absolute Gasteiger partial charge is 0.316 e. The lowest BCUT2D eigenvalue weighted by molar-refractivity contribution is 0.102. The standard InChI is InChI=1S/C15H14ClN3O2/c1-9-12(16)6-3-7-13(9)19-14(20)10-4-2-5-11(8-10)18-15(17)21/h2-8H,1H3,(H,19,20)(H3,17,18,21). The molecule has 0 unspecified atom stereocenters. The van der Waals surface area contributed by atoms with Crippen LogP contribution in [0.1, 0.15) is 15.9 Å². The number of hydrogen-bond acceptors (Lipinski definition) is 2. The van der Waals surface area contributed by atoms with Crippen LogP contribution in [-0.2, 0) is 0 Å². The van der Waals surface area contributed by atoms with Gasteiger partial charge in [-0.25, -0.2) is 4.79 Å². The molecular formula is C15H14ClN3O2. The third kappa shape index (κ3) is 3.73. The molecule has 0 bridgehead atoms. The largest absolute Gasteiger partial charge is 0.351 e. The van der Waals surface area contributed by atoms with Gasteiger partial charge in [0.1, 0.15) is 0 Å². The topological polar surface area (TPSA) is 84.2 Å². The van der Waals surface area contributed by atoms with E-state index in [9.17, 15) is 9.59 Å². The zero-order valence-corrected chi connectivity index (χ0v) is 12.1. The van der Waals surface area contributed by atoms with Crippen LogP contribution in [0, 0.1) is 6.92 Å². The Morgan fingerprint density at radius 3 is 2.52 bits per heavy atom. The van der Waals surface area contributed by atoms with Crippen molar-refractivity contribution in [2.75, 3.05) is 10.6 Å². The summed E-state index contributed by atoms with van der Waals surface area (Å²) >= 11 is 6.01. The van der Waals surface area contributed by atoms with Crippen molar-refractivity contribution in [3.63, 3.8) is 0 Å². The number of amides is 3. The summed E-state index contributed by atoms with van der Waals surface area (Å²) < 4.78 is 0. The third-order valence-electron chi connectivity index (χ3n) is 2.91. The van der Waals surface area contributed by atoms with Crippen LogP contribution in [0.25, 0.3) is 0 Å². The highest BCUT2D eigenvalue weighted by molar-refractivity contribution is 6.31. The second-order valence-electron chi connectivity index (χ2n) is 4.44. The highest BCUT2D eigenvalue weighted by Gasteiger charge is 2.10. The van der Waals surface area contributed by atoms with E-state index in [2.05, 4.69) is 10.6 Å². The number of rotatable bonds is 3. The van der Waals surface area contributed by atoms with E-state index in [1.165, 1.54) is 0 Å². The first-order valence-electron chi connectivity index (χ1n) is 6.20. The second kappa shape index (κ2) is 6.28. The number of benzene rings is 2. The van der Waals surface area contributed by atoms with E-state index in [1.54, 1.807) is 42.5 Å². The van der Waals surface area contributed by atoms with E-state index >= 15 is 0 Å². The SMILES string of the molecule is Cc1c(Cl)cccc1NC(=O)c1cccc(NC(N)=O)c1. The summed E-state index contributed by atoms with van der Waals surface area (Å²) in [5.74, 6) is -0.298. The Morgan fingerprint density at radius 2 is 1.81 bits per heavy atom. The molecule has 0 radical (unpaired) electrons. The van der Waals surface area contributed by atoms with Crippen LogP contribution in [0.4, 0.5) is 16.2 Å². The number of carbonyl (C=O) groups is 2. The first-order valence-corrected chi connectivity index (χ1v) is 6.58. The van der Waals surface area contributed by atoms with Crippen molar-refractivity contribution in [1.29, 1.82) is 0 Å². The molecule has 5 nitrogen and oxygen atoms in total. The lowest BCUT2D eigenvalue weighted by Gasteiger charge is -2.10. The molecule has 2 aromatic rings. The van der Waals surface area contributed by atoms with E-state index in [4.69, 9.17) is 17.3 Å². The Kier molecular flexibility index (Phi) is 4.45. The molecule has 21 heavy (non-hydrogen) atoms. The summed E-state index contributed by atoms with van der Waals surface area (Å²) in [5, 5.41) is 5.78. The van der Waals surface area contributed by atoms with Gasteiger partial charge >= 0.3 is 6.03 Å². The predicted octanol–water partition coefficient (Wildman–Crippen LogP) is 3.39. The van der Waals surface area contributed by atoms with E-state index < -0.39 is 6.03 Å². The molecule has 2 rings (SSSR count). The van der Waals surface area contributed by atoms with Crippen LogP contribution in [0.15, 0.2) is 42.5 Å². The fourth-order valence-electron chi connectivity index (χ4n) is 1.82. The number of carbonyl (C=O) groups excluding carboxylic acids is 2. The number of halogens is 1. The second-order valence-corrected chi connectivity index (χ2v) is 4.84. The maximum absolute atomic E-state index is 12.2.